The van der Waals surface area contributed by atoms with Gasteiger partial charge >= 0.3 is 0 Å². The smallest absolute Gasteiger partial charge is 0.227 e. The van der Waals surface area contributed by atoms with Crippen LogP contribution in [0.15, 0.2) is 45.8 Å². The standard InChI is InChI=1S/C17H18O4/c18-9-14-8-16(19)17(11-20-14)21-10-13-6-3-5-12-4-1-2-7-15(12)13/h1-2,4,7-8,11,13,18H,3,5-6,9-10H2. The number of rotatable bonds is 4. The average Bonchev–Trinajstić information content (AvgIpc) is 2.53. The van der Waals surface area contributed by atoms with Crippen LogP contribution in [-0.2, 0) is 13.0 Å². The van der Waals surface area contributed by atoms with Crippen molar-refractivity contribution in [3.63, 3.8) is 0 Å². The highest BCUT2D eigenvalue weighted by Crippen LogP contribution is 2.31. The van der Waals surface area contributed by atoms with Gasteiger partial charge in [-0.1, -0.05) is 24.3 Å². The minimum atomic E-state index is -0.286. The van der Waals surface area contributed by atoms with E-state index >= 15 is 0 Å². The summed E-state index contributed by atoms with van der Waals surface area (Å²) in [5.41, 5.74) is 2.44. The SMILES string of the molecule is O=c1cc(CO)occ1OCC1CCCc2ccccc21. The summed E-state index contributed by atoms with van der Waals surface area (Å²) in [6, 6.07) is 9.67. The quantitative estimate of drug-likeness (QED) is 0.938. The molecule has 0 aliphatic heterocycles. The van der Waals surface area contributed by atoms with Crippen LogP contribution in [0, 0.1) is 0 Å². The molecule has 110 valence electrons. The molecule has 0 saturated carbocycles. The molecular formula is C17H18O4. The normalized spacial score (nSPS) is 17.3. The monoisotopic (exact) mass is 286 g/mol. The van der Waals surface area contributed by atoms with Gasteiger partial charge in [-0.3, -0.25) is 4.79 Å². The van der Waals surface area contributed by atoms with Crippen molar-refractivity contribution in [3.05, 3.63) is 63.7 Å². The van der Waals surface area contributed by atoms with Crippen molar-refractivity contribution in [2.45, 2.75) is 31.8 Å². The van der Waals surface area contributed by atoms with Gasteiger partial charge in [0, 0.05) is 12.0 Å². The van der Waals surface area contributed by atoms with Crippen molar-refractivity contribution < 1.29 is 14.3 Å². The van der Waals surface area contributed by atoms with Gasteiger partial charge in [-0.2, -0.15) is 0 Å². The van der Waals surface area contributed by atoms with Gasteiger partial charge in [-0.15, -0.1) is 0 Å². The second-order valence-corrected chi connectivity index (χ2v) is 5.33. The van der Waals surface area contributed by atoms with Crippen LogP contribution in [-0.4, -0.2) is 11.7 Å². The summed E-state index contributed by atoms with van der Waals surface area (Å²) in [6.45, 7) is 0.186. The van der Waals surface area contributed by atoms with Crippen LogP contribution in [0.2, 0.25) is 0 Å². The number of hydrogen-bond acceptors (Lipinski definition) is 4. The summed E-state index contributed by atoms with van der Waals surface area (Å²) >= 11 is 0. The first-order valence-electron chi connectivity index (χ1n) is 7.21. The predicted octanol–water partition coefficient (Wildman–Crippen LogP) is 2.63. The number of aryl methyl sites for hydroxylation is 1. The molecule has 1 aliphatic carbocycles. The Bertz CT molecular complexity index is 674. The minimum absolute atomic E-state index is 0.204. The summed E-state index contributed by atoms with van der Waals surface area (Å²) in [5.74, 6) is 0.762. The van der Waals surface area contributed by atoms with Gasteiger partial charge in [-0.05, 0) is 30.4 Å². The van der Waals surface area contributed by atoms with E-state index in [1.165, 1.54) is 23.5 Å². The lowest BCUT2D eigenvalue weighted by atomic mass is 9.83. The van der Waals surface area contributed by atoms with Crippen LogP contribution in [0.4, 0.5) is 0 Å². The first kappa shape index (κ1) is 13.9. The molecule has 3 rings (SSSR count). The van der Waals surface area contributed by atoms with Crippen molar-refractivity contribution in [1.29, 1.82) is 0 Å². The molecule has 0 amide bonds. The first-order valence-corrected chi connectivity index (χ1v) is 7.21. The van der Waals surface area contributed by atoms with E-state index in [9.17, 15) is 4.79 Å². The van der Waals surface area contributed by atoms with Gasteiger partial charge in [0.05, 0.1) is 6.61 Å². The fraction of sp³-hybridized carbons (Fsp3) is 0.353. The molecule has 1 aromatic carbocycles. The Morgan fingerprint density at radius 2 is 2.19 bits per heavy atom. The summed E-state index contributed by atoms with van der Waals surface area (Å²) in [7, 11) is 0. The zero-order valence-corrected chi connectivity index (χ0v) is 11.7. The third-order valence-corrected chi connectivity index (χ3v) is 3.94. The molecule has 2 aromatic rings. The van der Waals surface area contributed by atoms with Crippen LogP contribution in [0.1, 0.15) is 35.6 Å². The lowest BCUT2D eigenvalue weighted by Gasteiger charge is -2.25. The van der Waals surface area contributed by atoms with Crippen molar-refractivity contribution in [2.75, 3.05) is 6.61 Å². The van der Waals surface area contributed by atoms with E-state index in [1.807, 2.05) is 6.07 Å². The molecule has 1 aliphatic rings. The Hall–Kier alpha value is -2.07. The second-order valence-electron chi connectivity index (χ2n) is 5.33. The van der Waals surface area contributed by atoms with E-state index in [0.717, 1.165) is 19.3 Å². The maximum absolute atomic E-state index is 11.8. The van der Waals surface area contributed by atoms with E-state index in [1.54, 1.807) is 0 Å². The number of hydrogen-bond donors (Lipinski definition) is 1. The average molecular weight is 286 g/mol. The Morgan fingerprint density at radius 3 is 3.00 bits per heavy atom. The van der Waals surface area contributed by atoms with Gasteiger partial charge in [-0.25, -0.2) is 0 Å². The molecule has 1 N–H and O–H groups in total. The van der Waals surface area contributed by atoms with Gasteiger partial charge < -0.3 is 14.3 Å². The van der Waals surface area contributed by atoms with Gasteiger partial charge in [0.2, 0.25) is 11.2 Å². The molecule has 21 heavy (non-hydrogen) atoms. The molecule has 4 nitrogen and oxygen atoms in total. The van der Waals surface area contributed by atoms with E-state index < -0.39 is 0 Å². The zero-order valence-electron chi connectivity index (χ0n) is 11.7. The van der Waals surface area contributed by atoms with Crippen molar-refractivity contribution in [3.8, 4) is 5.75 Å². The molecular weight excluding hydrogens is 268 g/mol. The minimum Gasteiger partial charge on any atom is -0.486 e. The number of benzene rings is 1. The lowest BCUT2D eigenvalue weighted by Crippen LogP contribution is -2.18. The molecule has 0 spiro atoms. The van der Waals surface area contributed by atoms with Crippen molar-refractivity contribution in [1.82, 2.24) is 0 Å². The number of aliphatic hydroxyl groups excluding tert-OH is 1. The number of ether oxygens (including phenoxy) is 1. The predicted molar refractivity (Wildman–Crippen MR) is 78.5 cm³/mol. The molecule has 1 heterocycles. The van der Waals surface area contributed by atoms with Gasteiger partial charge in [0.25, 0.3) is 0 Å². The number of fused-ring (bicyclic) bond motifs is 1. The third kappa shape index (κ3) is 3.00. The van der Waals surface area contributed by atoms with E-state index in [0.29, 0.717) is 12.5 Å². The van der Waals surface area contributed by atoms with Crippen molar-refractivity contribution in [2.24, 2.45) is 0 Å². The van der Waals surface area contributed by atoms with Gasteiger partial charge in [0.1, 0.15) is 18.6 Å². The summed E-state index contributed by atoms with van der Waals surface area (Å²) in [6.07, 6.45) is 4.60. The summed E-state index contributed by atoms with van der Waals surface area (Å²) in [4.78, 5) is 11.8. The molecule has 0 bridgehead atoms. The van der Waals surface area contributed by atoms with Crippen molar-refractivity contribution >= 4 is 0 Å². The van der Waals surface area contributed by atoms with E-state index in [-0.39, 0.29) is 23.5 Å². The summed E-state index contributed by atoms with van der Waals surface area (Å²) < 4.78 is 10.8. The third-order valence-electron chi connectivity index (χ3n) is 3.94. The molecule has 1 atom stereocenters. The highest BCUT2D eigenvalue weighted by Gasteiger charge is 2.20. The molecule has 0 fully saturated rings. The van der Waals surface area contributed by atoms with E-state index in [2.05, 4.69) is 18.2 Å². The van der Waals surface area contributed by atoms with Crippen LogP contribution in [0.5, 0.6) is 5.75 Å². The Morgan fingerprint density at radius 1 is 1.33 bits per heavy atom. The van der Waals surface area contributed by atoms with Crippen LogP contribution < -0.4 is 10.2 Å². The van der Waals surface area contributed by atoms with Crippen LogP contribution >= 0.6 is 0 Å². The molecule has 0 saturated heterocycles. The highest BCUT2D eigenvalue weighted by molar-refractivity contribution is 5.32. The molecule has 4 heteroatoms. The zero-order chi connectivity index (χ0) is 14.7. The lowest BCUT2D eigenvalue weighted by molar-refractivity contribution is 0.232. The Kier molecular flexibility index (Phi) is 4.06. The fourth-order valence-corrected chi connectivity index (χ4v) is 2.84. The van der Waals surface area contributed by atoms with E-state index in [4.69, 9.17) is 14.3 Å². The Balaban J connectivity index is 1.73. The van der Waals surface area contributed by atoms with Crippen LogP contribution in [0.3, 0.4) is 0 Å². The molecule has 1 aromatic heterocycles. The Labute approximate surface area is 123 Å². The molecule has 1 unspecified atom stereocenters. The fourth-order valence-electron chi connectivity index (χ4n) is 2.84. The van der Waals surface area contributed by atoms with Gasteiger partial charge in [0.15, 0.2) is 0 Å². The highest BCUT2D eigenvalue weighted by atomic mass is 16.5. The molecule has 0 radical (unpaired) electrons. The summed E-state index contributed by atoms with van der Waals surface area (Å²) in [5, 5.41) is 8.92. The largest absolute Gasteiger partial charge is 0.486 e. The first-order chi connectivity index (χ1) is 10.3. The second kappa shape index (κ2) is 6.14. The number of aliphatic hydroxyl groups is 1. The van der Waals surface area contributed by atoms with Crippen LogP contribution in [0.25, 0.3) is 0 Å². The maximum atomic E-state index is 11.8. The topological polar surface area (TPSA) is 59.7 Å². The maximum Gasteiger partial charge on any atom is 0.227 e.